The van der Waals surface area contributed by atoms with Gasteiger partial charge in [-0.1, -0.05) is 0 Å². The molecule has 1 amide bonds. The highest BCUT2D eigenvalue weighted by Crippen LogP contribution is 2.39. The van der Waals surface area contributed by atoms with E-state index in [1.807, 2.05) is 17.0 Å². The molecule has 5 nitrogen and oxygen atoms in total. The largest absolute Gasteiger partial charge is 0.353 e. The minimum absolute atomic E-state index is 0.132. The zero-order valence-corrected chi connectivity index (χ0v) is 14.9. The van der Waals surface area contributed by atoms with Gasteiger partial charge in [0.25, 0.3) is 5.91 Å². The van der Waals surface area contributed by atoms with E-state index in [2.05, 4.69) is 39.8 Å². The van der Waals surface area contributed by atoms with Crippen molar-refractivity contribution in [3.63, 3.8) is 0 Å². The number of carbonyl (C=O) groups excluding carboxylic acids is 1. The molecular formula is C20H26N4O. The predicted octanol–water partition coefficient (Wildman–Crippen LogP) is 2.55. The number of amides is 1. The maximum Gasteiger partial charge on any atom is 0.255 e. The molecule has 2 aliphatic heterocycles. The number of likely N-dealkylation sites (tertiary alicyclic amines) is 2. The lowest BCUT2D eigenvalue weighted by atomic mass is 9.79. The Morgan fingerprint density at radius 1 is 1.20 bits per heavy atom. The lowest BCUT2D eigenvalue weighted by Crippen LogP contribution is -2.47. The molecule has 2 aromatic heterocycles. The molecule has 0 unspecified atom stereocenters. The Kier molecular flexibility index (Phi) is 4.34. The quantitative estimate of drug-likeness (QED) is 0.864. The van der Waals surface area contributed by atoms with Gasteiger partial charge in [-0.3, -0.25) is 14.7 Å². The van der Waals surface area contributed by atoms with E-state index in [4.69, 9.17) is 0 Å². The predicted molar refractivity (Wildman–Crippen MR) is 97.1 cm³/mol. The molecule has 25 heavy (non-hydrogen) atoms. The van der Waals surface area contributed by atoms with Gasteiger partial charge in [0.05, 0.1) is 5.56 Å². The molecule has 1 spiro atoms. The van der Waals surface area contributed by atoms with E-state index >= 15 is 0 Å². The van der Waals surface area contributed by atoms with Crippen LogP contribution in [0.5, 0.6) is 0 Å². The van der Waals surface area contributed by atoms with Crippen molar-refractivity contribution < 1.29 is 4.79 Å². The van der Waals surface area contributed by atoms with Crippen LogP contribution in [0.25, 0.3) is 0 Å². The monoisotopic (exact) mass is 338 g/mol. The van der Waals surface area contributed by atoms with Crippen LogP contribution in [0.3, 0.4) is 0 Å². The maximum atomic E-state index is 12.8. The van der Waals surface area contributed by atoms with Crippen molar-refractivity contribution in [2.24, 2.45) is 12.5 Å². The number of aromatic nitrogens is 2. The molecule has 0 aliphatic carbocycles. The standard InChI is InChI=1S/C20H26N4O/c1-22-10-3-6-18(22)14-23-12-8-20(15-23)7-4-11-24(16-20)19(25)17-5-2-9-21-13-17/h2-3,5-6,9-10,13H,4,7-8,11-12,14-16H2,1H3/t20-/m0/s1. The summed E-state index contributed by atoms with van der Waals surface area (Å²) in [6, 6.07) is 8.01. The molecule has 2 aliphatic rings. The zero-order chi connectivity index (χ0) is 17.3. The number of rotatable bonds is 3. The fourth-order valence-electron chi connectivity index (χ4n) is 4.44. The number of aryl methyl sites for hydroxylation is 1. The molecule has 132 valence electrons. The average molecular weight is 338 g/mol. The smallest absolute Gasteiger partial charge is 0.255 e. The van der Waals surface area contributed by atoms with E-state index < -0.39 is 0 Å². The van der Waals surface area contributed by atoms with Crippen LogP contribution in [0.2, 0.25) is 0 Å². The van der Waals surface area contributed by atoms with E-state index in [0.717, 1.165) is 39.1 Å². The van der Waals surface area contributed by atoms with Gasteiger partial charge >= 0.3 is 0 Å². The molecule has 0 radical (unpaired) electrons. The highest BCUT2D eigenvalue weighted by molar-refractivity contribution is 5.94. The van der Waals surface area contributed by atoms with Crippen molar-refractivity contribution in [1.82, 2.24) is 19.4 Å². The van der Waals surface area contributed by atoms with Crippen LogP contribution < -0.4 is 0 Å². The third kappa shape index (κ3) is 3.33. The summed E-state index contributed by atoms with van der Waals surface area (Å²) in [5.41, 5.74) is 2.33. The minimum atomic E-state index is 0.132. The van der Waals surface area contributed by atoms with E-state index in [9.17, 15) is 4.79 Å². The Bertz CT molecular complexity index is 741. The molecule has 0 saturated carbocycles. The lowest BCUT2D eigenvalue weighted by Gasteiger charge is -2.40. The van der Waals surface area contributed by atoms with Gasteiger partial charge in [-0.2, -0.15) is 0 Å². The Balaban J connectivity index is 1.42. The first-order chi connectivity index (χ1) is 12.2. The Morgan fingerprint density at radius 3 is 2.88 bits per heavy atom. The maximum absolute atomic E-state index is 12.8. The Labute approximate surface area is 149 Å². The van der Waals surface area contributed by atoms with Crippen molar-refractivity contribution in [1.29, 1.82) is 0 Å². The fourth-order valence-corrected chi connectivity index (χ4v) is 4.44. The summed E-state index contributed by atoms with van der Waals surface area (Å²) >= 11 is 0. The molecule has 0 bridgehead atoms. The van der Waals surface area contributed by atoms with Gasteiger partial charge in [0, 0.05) is 62.9 Å². The topological polar surface area (TPSA) is 41.4 Å². The van der Waals surface area contributed by atoms with Crippen molar-refractivity contribution in [2.45, 2.75) is 25.8 Å². The van der Waals surface area contributed by atoms with Gasteiger partial charge in [0.2, 0.25) is 0 Å². The third-order valence-corrected chi connectivity index (χ3v) is 5.81. The Morgan fingerprint density at radius 2 is 2.12 bits per heavy atom. The highest BCUT2D eigenvalue weighted by atomic mass is 16.2. The van der Waals surface area contributed by atoms with Crippen LogP contribution in [0, 0.1) is 5.41 Å². The van der Waals surface area contributed by atoms with Gasteiger partial charge in [-0.15, -0.1) is 0 Å². The summed E-state index contributed by atoms with van der Waals surface area (Å²) < 4.78 is 2.20. The zero-order valence-electron chi connectivity index (χ0n) is 14.9. The average Bonchev–Trinajstić information content (AvgIpc) is 3.22. The van der Waals surface area contributed by atoms with Crippen LogP contribution >= 0.6 is 0 Å². The lowest BCUT2D eigenvalue weighted by molar-refractivity contribution is 0.0526. The molecule has 4 heterocycles. The summed E-state index contributed by atoms with van der Waals surface area (Å²) in [7, 11) is 2.11. The third-order valence-electron chi connectivity index (χ3n) is 5.81. The molecular weight excluding hydrogens is 312 g/mol. The highest BCUT2D eigenvalue weighted by Gasteiger charge is 2.42. The summed E-state index contributed by atoms with van der Waals surface area (Å²) in [4.78, 5) is 21.5. The Hall–Kier alpha value is -2.14. The van der Waals surface area contributed by atoms with Gasteiger partial charge < -0.3 is 9.47 Å². The summed E-state index contributed by atoms with van der Waals surface area (Å²) in [6.45, 7) is 4.97. The number of piperidine rings is 1. The van der Waals surface area contributed by atoms with Gasteiger partial charge in [0.1, 0.15) is 0 Å². The van der Waals surface area contributed by atoms with Crippen molar-refractivity contribution in [3.05, 3.63) is 54.1 Å². The van der Waals surface area contributed by atoms with Crippen molar-refractivity contribution >= 4 is 5.91 Å². The van der Waals surface area contributed by atoms with Crippen LogP contribution in [-0.4, -0.2) is 51.4 Å². The summed E-state index contributed by atoms with van der Waals surface area (Å²) in [5.74, 6) is 0.132. The van der Waals surface area contributed by atoms with Crippen molar-refractivity contribution in [2.75, 3.05) is 26.2 Å². The molecule has 1 atom stereocenters. The molecule has 2 fully saturated rings. The first-order valence-electron chi connectivity index (χ1n) is 9.17. The van der Waals surface area contributed by atoms with Crippen LogP contribution in [0.15, 0.2) is 42.9 Å². The molecule has 2 aromatic rings. The molecule has 0 aromatic carbocycles. The van der Waals surface area contributed by atoms with E-state index in [-0.39, 0.29) is 11.3 Å². The van der Waals surface area contributed by atoms with Gasteiger partial charge in [-0.25, -0.2) is 0 Å². The normalized spacial score (nSPS) is 24.1. The van der Waals surface area contributed by atoms with Crippen molar-refractivity contribution in [3.8, 4) is 0 Å². The SMILES string of the molecule is Cn1cccc1CN1CC[C@@]2(CCCN(C(=O)c3cccnc3)C2)C1. The number of hydrogen-bond acceptors (Lipinski definition) is 3. The molecule has 4 rings (SSSR count). The van der Waals surface area contributed by atoms with Crippen LogP contribution in [0.1, 0.15) is 35.3 Å². The number of nitrogens with zero attached hydrogens (tertiary/aromatic N) is 4. The van der Waals surface area contributed by atoms with Gasteiger partial charge in [0.15, 0.2) is 0 Å². The first kappa shape index (κ1) is 16.3. The number of pyridine rings is 1. The van der Waals surface area contributed by atoms with E-state index in [0.29, 0.717) is 5.56 Å². The molecule has 5 heteroatoms. The summed E-state index contributed by atoms with van der Waals surface area (Å²) in [6.07, 6.45) is 9.02. The second kappa shape index (κ2) is 6.64. The van der Waals surface area contributed by atoms with Gasteiger partial charge in [-0.05, 0) is 50.1 Å². The second-order valence-electron chi connectivity index (χ2n) is 7.64. The summed E-state index contributed by atoms with van der Waals surface area (Å²) in [5, 5.41) is 0. The van der Waals surface area contributed by atoms with E-state index in [1.54, 1.807) is 12.4 Å². The molecule has 0 N–H and O–H groups in total. The first-order valence-corrected chi connectivity index (χ1v) is 9.17. The number of carbonyl (C=O) groups is 1. The minimum Gasteiger partial charge on any atom is -0.353 e. The fraction of sp³-hybridized carbons (Fsp3) is 0.500. The van der Waals surface area contributed by atoms with E-state index in [1.165, 1.54) is 18.5 Å². The van der Waals surface area contributed by atoms with Crippen LogP contribution in [0.4, 0.5) is 0 Å². The molecule has 2 saturated heterocycles. The second-order valence-corrected chi connectivity index (χ2v) is 7.64. The van der Waals surface area contributed by atoms with Crippen LogP contribution in [-0.2, 0) is 13.6 Å². The number of hydrogen-bond donors (Lipinski definition) is 0.